The summed E-state index contributed by atoms with van der Waals surface area (Å²) in [5.41, 5.74) is 0.171. The third-order valence-electron chi connectivity index (χ3n) is 5.57. The Morgan fingerprint density at radius 1 is 1.13 bits per heavy atom. The number of anilines is 2. The summed E-state index contributed by atoms with van der Waals surface area (Å²) in [6, 6.07) is 2.24. The number of rotatable bonds is 11. The van der Waals surface area contributed by atoms with Crippen LogP contribution < -0.4 is 10.6 Å². The molecule has 1 aliphatic rings. The standard InChI is InChI=1S/C24H22ClF3N8O2S/c1-13(7-18(37)17-9-20(33-12-32-17)29-5-2-3-14-4-6-34-36-14)23-31-11-19(39-23)22(38)35-21-8-15(24(26,27)28)16(25)10-30-21/h6,8-13H,2-5,7H2,1H3,(H,29,32,33)(H,30,35,38). The van der Waals surface area contributed by atoms with Crippen LogP contribution in [0, 0.1) is 0 Å². The number of carbonyl (C=O) groups excluding carboxylic acids is 2. The Morgan fingerprint density at radius 3 is 2.69 bits per heavy atom. The lowest BCUT2D eigenvalue weighted by Gasteiger charge is -2.10. The summed E-state index contributed by atoms with van der Waals surface area (Å²) in [4.78, 5) is 41.7. The molecule has 0 radical (unpaired) electrons. The number of hydrogen-bond acceptors (Lipinski definition) is 10. The molecule has 4 rings (SSSR count). The molecule has 39 heavy (non-hydrogen) atoms. The molecule has 1 unspecified atom stereocenters. The summed E-state index contributed by atoms with van der Waals surface area (Å²) in [6.07, 6.45) is 3.02. The molecule has 2 N–H and O–H groups in total. The molecular weight excluding hydrogens is 557 g/mol. The maximum Gasteiger partial charge on any atom is 0.418 e. The minimum Gasteiger partial charge on any atom is -0.370 e. The molecule has 0 saturated heterocycles. The van der Waals surface area contributed by atoms with Crippen LogP contribution in [0.4, 0.5) is 24.8 Å². The van der Waals surface area contributed by atoms with Gasteiger partial charge in [-0.1, -0.05) is 18.5 Å². The molecule has 0 aromatic carbocycles. The second-order valence-electron chi connectivity index (χ2n) is 8.58. The lowest BCUT2D eigenvalue weighted by atomic mass is 10.0. The molecule has 3 aromatic heterocycles. The van der Waals surface area contributed by atoms with Crippen LogP contribution in [0.3, 0.4) is 0 Å². The minimum absolute atomic E-state index is 0.0819. The minimum atomic E-state index is -4.69. The number of alkyl halides is 3. The van der Waals surface area contributed by atoms with Crippen molar-refractivity contribution in [1.29, 1.82) is 0 Å². The van der Waals surface area contributed by atoms with E-state index in [2.05, 4.69) is 40.8 Å². The first-order valence-electron chi connectivity index (χ1n) is 11.8. The smallest absolute Gasteiger partial charge is 0.370 e. The Hall–Kier alpha value is -3.78. The highest BCUT2D eigenvalue weighted by Crippen LogP contribution is 2.35. The molecule has 1 amide bonds. The van der Waals surface area contributed by atoms with Crippen LogP contribution >= 0.6 is 22.9 Å². The first-order chi connectivity index (χ1) is 18.6. The first kappa shape index (κ1) is 28.2. The van der Waals surface area contributed by atoms with E-state index in [1.807, 2.05) is 0 Å². The fraction of sp³-hybridized carbons (Fsp3) is 0.333. The van der Waals surface area contributed by atoms with Crippen molar-refractivity contribution >= 4 is 58.2 Å². The highest BCUT2D eigenvalue weighted by Gasteiger charge is 2.34. The van der Waals surface area contributed by atoms with E-state index in [0.29, 0.717) is 23.4 Å². The van der Waals surface area contributed by atoms with E-state index in [9.17, 15) is 22.8 Å². The second kappa shape index (κ2) is 12.4. The van der Waals surface area contributed by atoms with Gasteiger partial charge in [0.1, 0.15) is 28.5 Å². The van der Waals surface area contributed by atoms with Crippen molar-refractivity contribution in [2.24, 2.45) is 10.2 Å². The fourth-order valence-electron chi connectivity index (χ4n) is 3.57. The number of Topliss-reactive ketones (excluding diaryl/α,β-unsaturated/α-hetero) is 1. The zero-order valence-corrected chi connectivity index (χ0v) is 22.1. The number of aromatic nitrogens is 4. The summed E-state index contributed by atoms with van der Waals surface area (Å²) in [5, 5.41) is 13.3. The van der Waals surface area contributed by atoms with Gasteiger partial charge in [-0.05, 0) is 18.9 Å². The number of thiazole rings is 1. The molecule has 0 bridgehead atoms. The zero-order valence-electron chi connectivity index (χ0n) is 20.5. The van der Waals surface area contributed by atoms with E-state index < -0.39 is 22.7 Å². The largest absolute Gasteiger partial charge is 0.418 e. The van der Waals surface area contributed by atoms with E-state index in [4.69, 9.17) is 11.6 Å². The van der Waals surface area contributed by atoms with Gasteiger partial charge in [0, 0.05) is 49.5 Å². The molecule has 0 aliphatic carbocycles. The second-order valence-corrected chi connectivity index (χ2v) is 10.0. The van der Waals surface area contributed by atoms with Gasteiger partial charge in [0.05, 0.1) is 21.8 Å². The molecule has 15 heteroatoms. The quantitative estimate of drug-likeness (QED) is 0.222. The molecule has 1 atom stereocenters. The van der Waals surface area contributed by atoms with Crippen molar-refractivity contribution in [1.82, 2.24) is 19.9 Å². The van der Waals surface area contributed by atoms with Gasteiger partial charge in [0.25, 0.3) is 5.91 Å². The summed E-state index contributed by atoms with van der Waals surface area (Å²) in [6.45, 7) is 2.43. The van der Waals surface area contributed by atoms with Crippen molar-refractivity contribution in [3.8, 4) is 0 Å². The predicted molar refractivity (Wildman–Crippen MR) is 142 cm³/mol. The van der Waals surface area contributed by atoms with Crippen molar-refractivity contribution in [2.45, 2.75) is 44.7 Å². The Balaban J connectivity index is 1.31. The number of carbonyl (C=O) groups is 2. The lowest BCUT2D eigenvalue weighted by Crippen LogP contribution is -2.13. The number of hydrogen-bond donors (Lipinski definition) is 2. The molecule has 3 aromatic rings. The molecule has 0 saturated carbocycles. The van der Waals surface area contributed by atoms with Crippen LogP contribution in [0.15, 0.2) is 41.1 Å². The lowest BCUT2D eigenvalue weighted by molar-refractivity contribution is -0.137. The predicted octanol–water partition coefficient (Wildman–Crippen LogP) is 5.65. The number of ketones is 1. The normalized spacial score (nSPS) is 13.7. The maximum atomic E-state index is 13.1. The van der Waals surface area contributed by atoms with E-state index in [0.717, 1.165) is 42.5 Å². The third kappa shape index (κ3) is 7.63. The van der Waals surface area contributed by atoms with Crippen LogP contribution in [-0.4, -0.2) is 50.1 Å². The fourth-order valence-corrected chi connectivity index (χ4v) is 4.64. The highest BCUT2D eigenvalue weighted by molar-refractivity contribution is 7.13. The zero-order chi connectivity index (χ0) is 28.0. The van der Waals surface area contributed by atoms with Gasteiger partial charge < -0.3 is 10.6 Å². The molecular formula is C24H22ClF3N8O2S. The summed E-state index contributed by atoms with van der Waals surface area (Å²) >= 11 is 6.60. The van der Waals surface area contributed by atoms with Gasteiger partial charge in [-0.15, -0.1) is 11.3 Å². The van der Waals surface area contributed by atoms with E-state index in [1.54, 1.807) is 19.2 Å². The monoisotopic (exact) mass is 578 g/mol. The Bertz CT molecular complexity index is 1430. The molecule has 4 heterocycles. The van der Waals surface area contributed by atoms with Crippen molar-refractivity contribution < 1.29 is 22.8 Å². The van der Waals surface area contributed by atoms with Gasteiger partial charge in [-0.25, -0.2) is 19.9 Å². The number of nitrogens with zero attached hydrogens (tertiary/aromatic N) is 6. The van der Waals surface area contributed by atoms with Crippen molar-refractivity contribution in [3.63, 3.8) is 0 Å². The first-order valence-corrected chi connectivity index (χ1v) is 13.0. The third-order valence-corrected chi connectivity index (χ3v) is 7.10. The number of amides is 1. The van der Waals surface area contributed by atoms with Crippen LogP contribution in [0.1, 0.15) is 69.3 Å². The average molecular weight is 579 g/mol. The maximum absolute atomic E-state index is 13.1. The topological polar surface area (TPSA) is 134 Å². The summed E-state index contributed by atoms with van der Waals surface area (Å²) in [7, 11) is 0. The number of nitrogens with one attached hydrogen (secondary N) is 2. The van der Waals surface area contributed by atoms with Gasteiger partial charge in [-0.2, -0.15) is 23.4 Å². The molecule has 10 nitrogen and oxygen atoms in total. The molecule has 1 aliphatic heterocycles. The number of pyridine rings is 1. The van der Waals surface area contributed by atoms with E-state index in [-0.39, 0.29) is 34.5 Å². The van der Waals surface area contributed by atoms with Crippen LogP contribution in [-0.2, 0) is 6.18 Å². The molecule has 204 valence electrons. The van der Waals surface area contributed by atoms with Gasteiger partial charge in [0.15, 0.2) is 5.78 Å². The van der Waals surface area contributed by atoms with Crippen molar-refractivity contribution in [3.05, 3.63) is 57.0 Å². The Morgan fingerprint density at radius 2 is 1.95 bits per heavy atom. The summed E-state index contributed by atoms with van der Waals surface area (Å²) < 4.78 is 39.2. The van der Waals surface area contributed by atoms with Crippen LogP contribution in [0.2, 0.25) is 5.02 Å². The molecule has 0 fully saturated rings. The van der Waals surface area contributed by atoms with Gasteiger partial charge in [0.2, 0.25) is 0 Å². The Labute approximate surface area is 229 Å². The van der Waals surface area contributed by atoms with Crippen molar-refractivity contribution in [2.75, 3.05) is 17.2 Å². The van der Waals surface area contributed by atoms with Gasteiger partial charge >= 0.3 is 6.18 Å². The SMILES string of the molecule is CC(CC(=O)c1cc(NCCCC2=NN=CC2)ncn1)c1ncc(C(=O)Nc2cc(C(F)(F)F)c(Cl)cn2)s1. The van der Waals surface area contributed by atoms with Crippen LogP contribution in [0.25, 0.3) is 0 Å². The highest BCUT2D eigenvalue weighted by atomic mass is 35.5. The Kier molecular flexibility index (Phi) is 8.97. The summed E-state index contributed by atoms with van der Waals surface area (Å²) in [5.74, 6) is -1.01. The van der Waals surface area contributed by atoms with Crippen LogP contribution in [0.5, 0.6) is 0 Å². The van der Waals surface area contributed by atoms with Gasteiger partial charge in [-0.3, -0.25) is 9.59 Å². The van der Waals surface area contributed by atoms with E-state index >= 15 is 0 Å². The average Bonchev–Trinajstić information content (AvgIpc) is 3.60. The molecule has 0 spiro atoms. The van der Waals surface area contributed by atoms with E-state index in [1.165, 1.54) is 12.5 Å². The number of halogens is 4.